The number of pyridine rings is 1. The molecule has 1 aliphatic rings. The van der Waals surface area contributed by atoms with Gasteiger partial charge in [-0.05, 0) is 42.8 Å². The van der Waals surface area contributed by atoms with Gasteiger partial charge in [-0.15, -0.1) is 0 Å². The molecule has 0 aliphatic carbocycles. The van der Waals surface area contributed by atoms with Crippen molar-refractivity contribution in [1.82, 2.24) is 14.8 Å². The van der Waals surface area contributed by atoms with Crippen molar-refractivity contribution in [3.8, 4) is 0 Å². The highest BCUT2D eigenvalue weighted by Crippen LogP contribution is 2.23. The summed E-state index contributed by atoms with van der Waals surface area (Å²) in [7, 11) is -1.52. The number of para-hydroxylation sites is 1. The number of rotatable bonds is 4. The van der Waals surface area contributed by atoms with Gasteiger partial charge in [-0.3, -0.25) is 9.78 Å². The molecule has 2 N–H and O–H groups in total. The van der Waals surface area contributed by atoms with E-state index < -0.39 is 17.1 Å². The zero-order chi connectivity index (χ0) is 22.0. The van der Waals surface area contributed by atoms with E-state index in [0.29, 0.717) is 47.8 Å². The number of nitrogens with one attached hydrogen (secondary N) is 1. The number of hydrogen-bond donors (Lipinski definition) is 2. The van der Waals surface area contributed by atoms with E-state index >= 15 is 0 Å². The first-order valence-corrected chi connectivity index (χ1v) is 11.0. The van der Waals surface area contributed by atoms with Crippen molar-refractivity contribution >= 4 is 39.6 Å². The normalized spacial score (nSPS) is 15.0. The molecule has 9 heteroatoms. The molecular weight excluding hydrogens is 416 g/mol. The largest absolute Gasteiger partial charge is 0.465 e. The summed E-state index contributed by atoms with van der Waals surface area (Å²) in [6.45, 7) is 3.18. The number of anilines is 1. The molecule has 4 rings (SSSR count). The predicted octanol–water partition coefficient (Wildman–Crippen LogP) is 3.11. The summed E-state index contributed by atoms with van der Waals surface area (Å²) in [5.41, 5.74) is 2.65. The molecule has 2 amide bonds. The van der Waals surface area contributed by atoms with Gasteiger partial charge in [0.15, 0.2) is 11.0 Å². The van der Waals surface area contributed by atoms with Gasteiger partial charge < -0.3 is 19.6 Å². The molecule has 31 heavy (non-hydrogen) atoms. The van der Waals surface area contributed by atoms with E-state index in [1.165, 1.54) is 4.90 Å². The Hall–Kier alpha value is -3.46. The van der Waals surface area contributed by atoms with Crippen molar-refractivity contribution in [2.45, 2.75) is 11.8 Å². The second-order valence-corrected chi connectivity index (χ2v) is 8.47. The fourth-order valence-electron chi connectivity index (χ4n) is 3.58. The fraction of sp³-hybridized carbons (Fsp3) is 0.227. The van der Waals surface area contributed by atoms with Crippen LogP contribution in [0.5, 0.6) is 0 Å². The first kappa shape index (κ1) is 20.8. The lowest BCUT2D eigenvalue weighted by molar-refractivity contribution is 0.0625. The van der Waals surface area contributed by atoms with E-state index in [4.69, 9.17) is 5.11 Å². The number of carboxylic acid groups (broad SMARTS) is 1. The third-order valence-corrected chi connectivity index (χ3v) is 6.44. The SMILES string of the molecule is Cc1cc(C(=O)N2CCN(C(=O)O)CC2)ccc1NS(=O)c1cccc2cccnc12. The van der Waals surface area contributed by atoms with Crippen molar-refractivity contribution in [3.05, 3.63) is 65.9 Å². The highest BCUT2D eigenvalue weighted by molar-refractivity contribution is 7.86. The van der Waals surface area contributed by atoms with Gasteiger partial charge in [0.25, 0.3) is 5.91 Å². The molecule has 1 fully saturated rings. The van der Waals surface area contributed by atoms with Crippen molar-refractivity contribution in [2.75, 3.05) is 30.9 Å². The van der Waals surface area contributed by atoms with Crippen LogP contribution in [0, 0.1) is 6.92 Å². The van der Waals surface area contributed by atoms with Gasteiger partial charge in [0.05, 0.1) is 10.4 Å². The van der Waals surface area contributed by atoms with Crippen LogP contribution in [0.1, 0.15) is 15.9 Å². The summed E-state index contributed by atoms with van der Waals surface area (Å²) in [4.78, 5) is 31.7. The minimum Gasteiger partial charge on any atom is -0.465 e. The minimum atomic E-state index is -1.52. The highest BCUT2D eigenvalue weighted by Gasteiger charge is 2.24. The zero-order valence-electron chi connectivity index (χ0n) is 16.9. The highest BCUT2D eigenvalue weighted by atomic mass is 32.2. The molecule has 8 nitrogen and oxygen atoms in total. The van der Waals surface area contributed by atoms with Gasteiger partial charge in [0.1, 0.15) is 0 Å². The maximum atomic E-state index is 13.0. The number of nitrogens with zero attached hydrogens (tertiary/aromatic N) is 3. The number of carbonyl (C=O) groups is 2. The first-order chi connectivity index (χ1) is 14.9. The Labute approximate surface area is 182 Å². The Balaban J connectivity index is 1.48. The number of piperazine rings is 1. The van der Waals surface area contributed by atoms with Crippen LogP contribution in [-0.2, 0) is 11.0 Å². The van der Waals surface area contributed by atoms with Crippen LogP contribution in [0.2, 0.25) is 0 Å². The summed E-state index contributed by atoms with van der Waals surface area (Å²) in [5, 5.41) is 9.96. The fourth-order valence-corrected chi connectivity index (χ4v) is 4.66. The Morgan fingerprint density at radius 2 is 1.74 bits per heavy atom. The van der Waals surface area contributed by atoms with Crippen LogP contribution < -0.4 is 4.72 Å². The van der Waals surface area contributed by atoms with Crippen LogP contribution in [0.15, 0.2) is 59.6 Å². The van der Waals surface area contributed by atoms with Crippen molar-refractivity contribution in [3.63, 3.8) is 0 Å². The molecule has 3 aromatic rings. The van der Waals surface area contributed by atoms with Gasteiger partial charge in [0, 0.05) is 49.0 Å². The second-order valence-electron chi connectivity index (χ2n) is 7.29. The Bertz CT molecular complexity index is 1170. The van der Waals surface area contributed by atoms with Crippen LogP contribution >= 0.6 is 0 Å². The number of hydrogen-bond acceptors (Lipinski definition) is 4. The quantitative estimate of drug-likeness (QED) is 0.652. The Morgan fingerprint density at radius 3 is 2.45 bits per heavy atom. The monoisotopic (exact) mass is 438 g/mol. The molecule has 2 aromatic carbocycles. The summed E-state index contributed by atoms with van der Waals surface area (Å²) in [5.74, 6) is -0.140. The van der Waals surface area contributed by atoms with Crippen LogP contribution in [0.3, 0.4) is 0 Å². The van der Waals surface area contributed by atoms with Gasteiger partial charge >= 0.3 is 6.09 Å². The predicted molar refractivity (Wildman–Crippen MR) is 118 cm³/mol. The van der Waals surface area contributed by atoms with Crippen molar-refractivity contribution < 1.29 is 18.9 Å². The van der Waals surface area contributed by atoms with Crippen molar-refractivity contribution in [1.29, 1.82) is 0 Å². The smallest absolute Gasteiger partial charge is 0.407 e. The molecule has 0 spiro atoms. The first-order valence-electron chi connectivity index (χ1n) is 9.84. The lowest BCUT2D eigenvalue weighted by atomic mass is 10.1. The van der Waals surface area contributed by atoms with Gasteiger partial charge in [-0.25, -0.2) is 9.00 Å². The lowest BCUT2D eigenvalue weighted by Crippen LogP contribution is -2.50. The number of aryl methyl sites for hydroxylation is 1. The molecule has 0 radical (unpaired) electrons. The average molecular weight is 439 g/mol. The van der Waals surface area contributed by atoms with E-state index in [1.54, 1.807) is 35.4 Å². The van der Waals surface area contributed by atoms with Gasteiger partial charge in [0.2, 0.25) is 0 Å². The number of amides is 2. The van der Waals surface area contributed by atoms with E-state index in [2.05, 4.69) is 9.71 Å². The van der Waals surface area contributed by atoms with Gasteiger partial charge in [-0.1, -0.05) is 18.2 Å². The molecule has 0 saturated carbocycles. The van der Waals surface area contributed by atoms with E-state index in [0.717, 1.165) is 10.9 Å². The van der Waals surface area contributed by atoms with Crippen molar-refractivity contribution in [2.24, 2.45) is 0 Å². The number of fused-ring (bicyclic) bond motifs is 1. The standard InChI is InChI=1S/C22H22N4O4S/c1-15-14-17(21(27)25-10-12-26(13-11-25)22(28)29)7-8-18(15)24-31(30)19-6-2-4-16-5-3-9-23-20(16)19/h2-9,14,24H,10-13H2,1H3,(H,28,29). The summed E-state index contributed by atoms with van der Waals surface area (Å²) in [6.07, 6.45) is 0.707. The van der Waals surface area contributed by atoms with E-state index in [-0.39, 0.29) is 5.91 Å². The third-order valence-electron chi connectivity index (χ3n) is 5.31. The average Bonchev–Trinajstić information content (AvgIpc) is 2.79. The molecular formula is C22H22N4O4S. The van der Waals surface area contributed by atoms with Crippen LogP contribution in [-0.4, -0.2) is 62.3 Å². The molecule has 2 heterocycles. The summed E-state index contributed by atoms with van der Waals surface area (Å²) >= 11 is 0. The molecule has 1 aromatic heterocycles. The maximum absolute atomic E-state index is 13.0. The molecule has 0 bridgehead atoms. The molecule has 160 valence electrons. The Kier molecular flexibility index (Phi) is 5.85. The van der Waals surface area contributed by atoms with E-state index in [9.17, 15) is 13.8 Å². The van der Waals surface area contributed by atoms with Crippen LogP contribution in [0.25, 0.3) is 10.9 Å². The zero-order valence-corrected chi connectivity index (χ0v) is 17.8. The molecule has 1 atom stereocenters. The van der Waals surface area contributed by atoms with E-state index in [1.807, 2.05) is 31.2 Å². The third kappa shape index (κ3) is 4.36. The topological polar surface area (TPSA) is 103 Å². The molecule has 1 aliphatic heterocycles. The number of aromatic nitrogens is 1. The second kappa shape index (κ2) is 8.73. The number of benzene rings is 2. The maximum Gasteiger partial charge on any atom is 0.407 e. The van der Waals surface area contributed by atoms with Crippen LogP contribution in [0.4, 0.5) is 10.5 Å². The lowest BCUT2D eigenvalue weighted by Gasteiger charge is -2.33. The Morgan fingerprint density at radius 1 is 1.03 bits per heavy atom. The molecule has 1 saturated heterocycles. The molecule has 1 unspecified atom stereocenters. The van der Waals surface area contributed by atoms with Gasteiger partial charge in [-0.2, -0.15) is 0 Å². The summed E-state index contributed by atoms with van der Waals surface area (Å²) in [6, 6.07) is 14.5. The minimum absolute atomic E-state index is 0.140. The number of carbonyl (C=O) groups excluding carboxylic acids is 1. The summed E-state index contributed by atoms with van der Waals surface area (Å²) < 4.78 is 16.0.